The molecule has 0 radical (unpaired) electrons. The van der Waals surface area contributed by atoms with Crippen molar-refractivity contribution in [2.24, 2.45) is 0 Å². The van der Waals surface area contributed by atoms with E-state index in [1.807, 2.05) is 60.7 Å². The van der Waals surface area contributed by atoms with E-state index < -0.39 is 5.97 Å². The fourth-order valence-electron chi connectivity index (χ4n) is 3.43. The summed E-state index contributed by atoms with van der Waals surface area (Å²) in [5.41, 5.74) is 3.82. The molecule has 5 nitrogen and oxygen atoms in total. The quantitative estimate of drug-likeness (QED) is 0.300. The van der Waals surface area contributed by atoms with E-state index in [0.29, 0.717) is 34.6 Å². The molecular weight excluding hydrogens is 404 g/mol. The first-order valence-electron chi connectivity index (χ1n) is 10.3. The van der Waals surface area contributed by atoms with Crippen LogP contribution in [0.25, 0.3) is 28.4 Å². The Balaban J connectivity index is 1.69. The van der Waals surface area contributed by atoms with Gasteiger partial charge in [-0.2, -0.15) is 0 Å². The summed E-state index contributed by atoms with van der Waals surface area (Å²) >= 11 is 0. The first-order chi connectivity index (χ1) is 15.6. The molecule has 4 rings (SSSR count). The Morgan fingerprint density at radius 3 is 2.38 bits per heavy atom. The van der Waals surface area contributed by atoms with Crippen molar-refractivity contribution in [3.05, 3.63) is 90.0 Å². The molecule has 0 aliphatic rings. The van der Waals surface area contributed by atoms with Crippen LogP contribution in [0.2, 0.25) is 0 Å². The summed E-state index contributed by atoms with van der Waals surface area (Å²) < 4.78 is 22.6. The van der Waals surface area contributed by atoms with Crippen molar-refractivity contribution in [2.75, 3.05) is 13.7 Å². The number of hydrogen-bond donors (Lipinski definition) is 0. The number of rotatable bonds is 8. The van der Waals surface area contributed by atoms with E-state index in [9.17, 15) is 4.79 Å². The van der Waals surface area contributed by atoms with Crippen molar-refractivity contribution in [3.63, 3.8) is 0 Å². The molecule has 0 saturated heterocycles. The minimum atomic E-state index is -0.436. The third-order valence-electron chi connectivity index (χ3n) is 5.11. The molecule has 0 spiro atoms. The van der Waals surface area contributed by atoms with Gasteiger partial charge in [0.25, 0.3) is 0 Å². The molecule has 3 aromatic carbocycles. The number of hydrogen-bond acceptors (Lipinski definition) is 5. The van der Waals surface area contributed by atoms with E-state index in [1.54, 1.807) is 26.2 Å². The lowest BCUT2D eigenvalue weighted by Crippen LogP contribution is -2.05. The minimum absolute atomic E-state index is 0.268. The number of carbonyl (C=O) groups is 1. The second kappa shape index (κ2) is 9.43. The molecule has 1 aromatic heterocycles. The third kappa shape index (κ3) is 4.37. The second-order valence-corrected chi connectivity index (χ2v) is 7.15. The zero-order chi connectivity index (χ0) is 22.5. The highest BCUT2D eigenvalue weighted by Crippen LogP contribution is 2.36. The van der Waals surface area contributed by atoms with Gasteiger partial charge in [0, 0.05) is 10.9 Å². The number of fused-ring (bicyclic) bond motifs is 1. The average molecular weight is 428 g/mol. The predicted octanol–water partition coefficient (Wildman–Crippen LogP) is 6.51. The highest BCUT2D eigenvalue weighted by molar-refractivity contribution is 6.09. The molecule has 1 heterocycles. The van der Waals surface area contributed by atoms with Gasteiger partial charge >= 0.3 is 5.97 Å². The van der Waals surface area contributed by atoms with Crippen molar-refractivity contribution < 1.29 is 23.4 Å². The van der Waals surface area contributed by atoms with E-state index in [2.05, 4.69) is 6.58 Å². The molecule has 0 aliphatic heterocycles. The largest absolute Gasteiger partial charge is 0.497 e. The zero-order valence-electron chi connectivity index (χ0n) is 18.1. The Bertz CT molecular complexity index is 1230. The number of furan rings is 1. The van der Waals surface area contributed by atoms with Gasteiger partial charge in [-0.1, -0.05) is 36.9 Å². The molecule has 0 atom stereocenters. The van der Waals surface area contributed by atoms with Crippen LogP contribution in [-0.2, 0) is 11.3 Å². The Morgan fingerprint density at radius 1 is 1.00 bits per heavy atom. The third-order valence-corrected chi connectivity index (χ3v) is 5.11. The SMILES string of the molecule is C=Cc1ccc(COc2ccc3oc(-c4ccc(OC)cc4)c(C(=O)OCC)c3c2)cc1. The molecule has 0 bridgehead atoms. The van der Waals surface area contributed by atoms with Crippen LogP contribution in [-0.4, -0.2) is 19.7 Å². The van der Waals surface area contributed by atoms with Crippen molar-refractivity contribution in [3.8, 4) is 22.8 Å². The maximum Gasteiger partial charge on any atom is 0.342 e. The van der Waals surface area contributed by atoms with Gasteiger partial charge in [0.15, 0.2) is 0 Å². The van der Waals surface area contributed by atoms with Gasteiger partial charge in [0.2, 0.25) is 0 Å². The summed E-state index contributed by atoms with van der Waals surface area (Å²) in [6, 6.07) is 20.8. The highest BCUT2D eigenvalue weighted by atomic mass is 16.5. The Morgan fingerprint density at radius 2 is 1.72 bits per heavy atom. The van der Waals surface area contributed by atoms with Gasteiger partial charge in [-0.25, -0.2) is 4.79 Å². The molecule has 4 aromatic rings. The van der Waals surface area contributed by atoms with Crippen LogP contribution in [0.1, 0.15) is 28.4 Å². The first kappa shape index (κ1) is 21.2. The summed E-state index contributed by atoms with van der Waals surface area (Å²) in [6.07, 6.45) is 1.80. The van der Waals surface area contributed by atoms with Gasteiger partial charge < -0.3 is 18.6 Å². The molecule has 32 heavy (non-hydrogen) atoms. The maximum atomic E-state index is 12.8. The summed E-state index contributed by atoms with van der Waals surface area (Å²) in [7, 11) is 1.61. The smallest absolute Gasteiger partial charge is 0.342 e. The molecule has 0 amide bonds. The van der Waals surface area contributed by atoms with Crippen molar-refractivity contribution in [2.45, 2.75) is 13.5 Å². The van der Waals surface area contributed by atoms with E-state index in [0.717, 1.165) is 22.4 Å². The molecule has 0 N–H and O–H groups in total. The number of esters is 1. The monoisotopic (exact) mass is 428 g/mol. The summed E-state index contributed by atoms with van der Waals surface area (Å²) in [4.78, 5) is 12.8. The van der Waals surface area contributed by atoms with Gasteiger partial charge in [-0.3, -0.25) is 0 Å². The van der Waals surface area contributed by atoms with Crippen LogP contribution >= 0.6 is 0 Å². The lowest BCUT2D eigenvalue weighted by atomic mass is 10.1. The van der Waals surface area contributed by atoms with Crippen LogP contribution < -0.4 is 9.47 Å². The predicted molar refractivity (Wildman–Crippen MR) is 125 cm³/mol. The fraction of sp³-hybridized carbons (Fsp3) is 0.148. The van der Waals surface area contributed by atoms with E-state index in [-0.39, 0.29) is 6.61 Å². The molecule has 0 aliphatic carbocycles. The van der Waals surface area contributed by atoms with E-state index in [4.69, 9.17) is 18.6 Å². The van der Waals surface area contributed by atoms with Gasteiger partial charge in [-0.15, -0.1) is 0 Å². The molecular formula is C27H24O5. The van der Waals surface area contributed by atoms with Crippen molar-refractivity contribution in [1.82, 2.24) is 0 Å². The highest BCUT2D eigenvalue weighted by Gasteiger charge is 2.24. The van der Waals surface area contributed by atoms with Crippen LogP contribution in [0, 0.1) is 0 Å². The van der Waals surface area contributed by atoms with Crippen LogP contribution in [0.5, 0.6) is 11.5 Å². The van der Waals surface area contributed by atoms with E-state index >= 15 is 0 Å². The van der Waals surface area contributed by atoms with Gasteiger partial charge in [-0.05, 0) is 60.5 Å². The lowest BCUT2D eigenvalue weighted by Gasteiger charge is -2.07. The zero-order valence-corrected chi connectivity index (χ0v) is 18.1. The first-order valence-corrected chi connectivity index (χ1v) is 10.3. The molecule has 5 heteroatoms. The molecule has 162 valence electrons. The molecule has 0 saturated carbocycles. The number of benzene rings is 3. The Hall–Kier alpha value is -3.99. The Labute approximate surface area is 186 Å². The standard InChI is InChI=1S/C27H24O5/c1-4-18-6-8-19(9-7-18)17-31-22-14-15-24-23(16-22)25(27(28)30-5-2)26(32-24)20-10-12-21(29-3)13-11-20/h4,6-16H,1,5,17H2,2-3H3. The second-order valence-electron chi connectivity index (χ2n) is 7.15. The lowest BCUT2D eigenvalue weighted by molar-refractivity contribution is 0.0528. The number of methoxy groups -OCH3 is 1. The minimum Gasteiger partial charge on any atom is -0.497 e. The van der Waals surface area contributed by atoms with Crippen LogP contribution in [0.15, 0.2) is 77.7 Å². The normalized spacial score (nSPS) is 10.7. The fourth-order valence-corrected chi connectivity index (χ4v) is 3.43. The van der Waals surface area contributed by atoms with Crippen molar-refractivity contribution >= 4 is 23.0 Å². The van der Waals surface area contributed by atoms with Crippen molar-refractivity contribution in [1.29, 1.82) is 0 Å². The summed E-state index contributed by atoms with van der Waals surface area (Å²) in [5, 5.41) is 0.647. The van der Waals surface area contributed by atoms with Gasteiger partial charge in [0.1, 0.15) is 35.0 Å². The number of ether oxygens (including phenoxy) is 3. The molecule has 0 unspecified atom stereocenters. The molecule has 0 fully saturated rings. The summed E-state index contributed by atoms with van der Waals surface area (Å²) in [5.74, 6) is 1.38. The topological polar surface area (TPSA) is 57.9 Å². The van der Waals surface area contributed by atoms with Crippen LogP contribution in [0.3, 0.4) is 0 Å². The maximum absolute atomic E-state index is 12.8. The van der Waals surface area contributed by atoms with Crippen LogP contribution in [0.4, 0.5) is 0 Å². The van der Waals surface area contributed by atoms with Gasteiger partial charge in [0.05, 0.1) is 13.7 Å². The summed E-state index contributed by atoms with van der Waals surface area (Å²) in [6.45, 7) is 6.22. The number of carbonyl (C=O) groups excluding carboxylic acids is 1. The Kier molecular flexibility index (Phi) is 6.26. The van der Waals surface area contributed by atoms with E-state index in [1.165, 1.54) is 0 Å². The average Bonchev–Trinajstić information content (AvgIpc) is 3.22.